The monoisotopic (exact) mass is 1820 g/mol. The number of fused-ring (bicyclic) bond motifs is 32. The molecule has 1 heteroatoms. The average Bonchev–Trinajstić information content (AvgIpc) is 1.05. The molecule has 0 saturated heterocycles. The Morgan fingerprint density at radius 2 is 0.444 bits per heavy atom. The second kappa shape index (κ2) is 34.0. The lowest BCUT2D eigenvalue weighted by Crippen LogP contribution is -2.14. The molecule has 0 radical (unpaired) electrons. The Labute approximate surface area is 835 Å². The molecule has 28 aromatic carbocycles. The first-order valence-electron chi connectivity index (χ1n) is 50.2. The van der Waals surface area contributed by atoms with E-state index in [0.29, 0.717) is 0 Å². The van der Waals surface area contributed by atoms with Gasteiger partial charge in [-0.2, -0.15) is 0 Å². The van der Waals surface area contributed by atoms with Gasteiger partial charge in [-0.25, -0.2) is 0 Å². The molecule has 0 aliphatic heterocycles. The summed E-state index contributed by atoms with van der Waals surface area (Å²) in [5.41, 5.74) is 28.7. The van der Waals surface area contributed by atoms with Crippen LogP contribution in [0.1, 0.15) is 25.0 Å². The zero-order valence-corrected chi connectivity index (χ0v) is 79.7. The van der Waals surface area contributed by atoms with E-state index in [1.54, 1.807) is 0 Å². The Morgan fingerprint density at radius 1 is 0.132 bits per heavy atom. The number of nitrogens with zero attached hydrogens (tertiary/aromatic N) is 1. The lowest BCUT2D eigenvalue weighted by atomic mass is 9.81. The third-order valence-corrected chi connectivity index (χ3v) is 31.1. The third kappa shape index (κ3) is 14.0. The quantitative estimate of drug-likeness (QED) is 0.127. The van der Waals surface area contributed by atoms with E-state index in [-0.39, 0.29) is 5.41 Å². The highest BCUT2D eigenvalue weighted by Crippen LogP contribution is 2.53. The number of benzene rings is 28. The molecule has 1 aliphatic rings. The normalized spacial score (nSPS) is 12.3. The van der Waals surface area contributed by atoms with E-state index in [9.17, 15) is 0 Å². The molecule has 30 rings (SSSR count). The highest BCUT2D eigenvalue weighted by Gasteiger charge is 2.36. The van der Waals surface area contributed by atoms with Crippen LogP contribution in [0.4, 0.5) is 0 Å². The van der Waals surface area contributed by atoms with Gasteiger partial charge in [0.15, 0.2) is 0 Å². The summed E-state index contributed by atoms with van der Waals surface area (Å²) in [6.07, 6.45) is 0. The molecule has 0 N–H and O–H groups in total. The van der Waals surface area contributed by atoms with Gasteiger partial charge in [0.1, 0.15) is 0 Å². The van der Waals surface area contributed by atoms with Gasteiger partial charge < -0.3 is 4.57 Å². The molecule has 144 heavy (non-hydrogen) atoms. The summed E-state index contributed by atoms with van der Waals surface area (Å²) < 4.78 is 2.39. The summed E-state index contributed by atoms with van der Waals surface area (Å²) in [4.78, 5) is 0. The van der Waals surface area contributed by atoms with Gasteiger partial charge in [0.25, 0.3) is 0 Å². The molecule has 0 bridgehead atoms. The first-order chi connectivity index (χ1) is 71.1. The zero-order valence-electron chi connectivity index (χ0n) is 79.7. The van der Waals surface area contributed by atoms with Gasteiger partial charge in [-0.3, -0.25) is 0 Å². The second-order valence-electron chi connectivity index (χ2n) is 39.5. The summed E-state index contributed by atoms with van der Waals surface area (Å²) in [5, 5.41) is 38.7. The first-order valence-corrected chi connectivity index (χ1v) is 50.2. The van der Waals surface area contributed by atoms with E-state index >= 15 is 0 Å². The Hall–Kier alpha value is -18.4. The summed E-state index contributed by atoms with van der Waals surface area (Å²) in [6, 6.07) is 195. The SMILES string of the molecule is CC1(C)c2ccccc2-c2ccc(-c3cccc(-c4ccc5ccc6c7ccccc7ccc6c5c4)c3)cc21.c1ccc(-c2cc(-c3ccc4c5ccccc5c5c6ccccc6c6ccccc6c5c4c3)cc(-c3ccc4c(c3)c3ccccc3n4-c3ccccc3)c2)cc1.c1ccc2cc(-c3cc(-c4ccc5ccccc5c4)cc(-c4cc5c6ccccc6c6ccccc6c5c5ccccc45)c3)ccc2c1. The smallest absolute Gasteiger partial charge is 0.0541 e. The van der Waals surface area contributed by atoms with Gasteiger partial charge in [-0.1, -0.05) is 432 Å². The van der Waals surface area contributed by atoms with Gasteiger partial charge in [0, 0.05) is 21.9 Å². The fourth-order valence-corrected chi connectivity index (χ4v) is 24.2. The zero-order chi connectivity index (χ0) is 95.2. The highest BCUT2D eigenvalue weighted by atomic mass is 15.0. The van der Waals surface area contributed by atoms with Crippen LogP contribution in [0.25, 0.3) is 278 Å². The maximum absolute atomic E-state index is 2.45. The largest absolute Gasteiger partial charge is 0.309 e. The minimum Gasteiger partial charge on any atom is -0.309 e. The molecule has 0 spiro atoms. The van der Waals surface area contributed by atoms with Crippen LogP contribution >= 0.6 is 0 Å². The maximum Gasteiger partial charge on any atom is 0.0541 e. The fourth-order valence-electron chi connectivity index (χ4n) is 24.2. The van der Waals surface area contributed by atoms with Crippen molar-refractivity contribution >= 4 is 173 Å². The predicted octanol–water partition coefficient (Wildman–Crippen LogP) is 39.9. The van der Waals surface area contributed by atoms with Gasteiger partial charge >= 0.3 is 0 Å². The van der Waals surface area contributed by atoms with Crippen LogP contribution in [0, 0.1) is 0 Å². The lowest BCUT2D eigenvalue weighted by molar-refractivity contribution is 0.660. The Kier molecular flexibility index (Phi) is 19.8. The van der Waals surface area contributed by atoms with Crippen LogP contribution in [-0.4, -0.2) is 4.57 Å². The summed E-state index contributed by atoms with van der Waals surface area (Å²) in [5.74, 6) is 0. The number of rotatable bonds is 9. The van der Waals surface area contributed by atoms with Crippen LogP contribution in [0.15, 0.2) is 528 Å². The molecular weight excluding hydrogens is 1730 g/mol. The van der Waals surface area contributed by atoms with Crippen LogP contribution < -0.4 is 0 Å². The Balaban J connectivity index is 0.000000107. The summed E-state index contributed by atoms with van der Waals surface area (Å²) >= 11 is 0. The van der Waals surface area contributed by atoms with E-state index in [1.165, 1.54) is 290 Å². The average molecular weight is 1830 g/mol. The topological polar surface area (TPSA) is 4.93 Å². The van der Waals surface area contributed by atoms with Crippen LogP contribution in [-0.2, 0) is 5.41 Å². The molecule has 670 valence electrons. The van der Waals surface area contributed by atoms with Crippen LogP contribution in [0.2, 0.25) is 0 Å². The molecule has 29 aromatic rings. The number of hydrogen-bond acceptors (Lipinski definition) is 0. The minimum atomic E-state index is 0.00310. The Morgan fingerprint density at radius 3 is 1.03 bits per heavy atom. The van der Waals surface area contributed by atoms with E-state index < -0.39 is 0 Å². The standard InChI is InChI=1S/C56H35N.C48H30.C39H28/c1-3-15-36(16-4-1)39-31-40(33-41(32-39)38-28-30-54-51(34-38)47-22-13-14-26-53(47)57(54)42-17-5-2-6-18-42)37-27-29-46-45-21-9-11-24-49(45)55-48-23-10-7-19-43(48)44-20-8-12-25-50(44)56(55)52(46)35-37;1-3-13-33-25-35(23-21-31(33)11-1)37-27-38(36-24-22-32-12-2-4-14-34(32)26-36)29-39(28-37)46-30-47-42-17-6-5-15-40(42)41-16-7-9-19-44(41)48(47)45-20-10-8-18-43(45)46;1-39(2)37-13-6-5-12-34(37)35-21-18-30(24-38(35)39)28-10-7-9-27(22-28)29-15-14-26-17-19-32-31-11-4-3-8-25(31)16-20-33(32)36(26)23-29/h1-35H;1-30H;3-24H,1-2H3. The molecule has 1 heterocycles. The van der Waals surface area contributed by atoms with Crippen LogP contribution in [0.5, 0.6) is 0 Å². The molecule has 0 unspecified atom stereocenters. The van der Waals surface area contributed by atoms with Gasteiger partial charge in [0.05, 0.1) is 11.0 Å². The summed E-state index contributed by atoms with van der Waals surface area (Å²) in [6.45, 7) is 4.70. The highest BCUT2D eigenvalue weighted by molar-refractivity contribution is 6.40. The molecule has 0 saturated carbocycles. The molecule has 1 aliphatic carbocycles. The van der Waals surface area contributed by atoms with Crippen molar-refractivity contribution in [3.8, 4) is 106 Å². The maximum atomic E-state index is 2.45. The Bertz CT molecular complexity index is 10300. The number of aromatic nitrogens is 1. The molecule has 1 nitrogen and oxygen atoms in total. The molecule has 0 amide bonds. The first kappa shape index (κ1) is 83.7. The van der Waals surface area contributed by atoms with Crippen molar-refractivity contribution < 1.29 is 0 Å². The van der Waals surface area contributed by atoms with Gasteiger partial charge in [-0.15, -0.1) is 0 Å². The van der Waals surface area contributed by atoms with Crippen molar-refractivity contribution in [3.63, 3.8) is 0 Å². The lowest BCUT2D eigenvalue weighted by Gasteiger charge is -2.22. The predicted molar refractivity (Wildman–Crippen MR) is 620 cm³/mol. The van der Waals surface area contributed by atoms with Crippen molar-refractivity contribution in [2.45, 2.75) is 19.3 Å². The van der Waals surface area contributed by atoms with Crippen LogP contribution in [0.3, 0.4) is 0 Å². The van der Waals surface area contributed by atoms with E-state index in [0.717, 1.165) is 0 Å². The van der Waals surface area contributed by atoms with Crippen molar-refractivity contribution in [2.24, 2.45) is 0 Å². The van der Waals surface area contributed by atoms with Crippen molar-refractivity contribution in [1.82, 2.24) is 4.57 Å². The van der Waals surface area contributed by atoms with Gasteiger partial charge in [0.2, 0.25) is 0 Å². The fraction of sp³-hybridized carbons (Fsp3) is 0.0210. The molecule has 0 atom stereocenters. The summed E-state index contributed by atoms with van der Waals surface area (Å²) in [7, 11) is 0. The van der Waals surface area contributed by atoms with Crippen molar-refractivity contribution in [1.29, 1.82) is 0 Å². The van der Waals surface area contributed by atoms with Gasteiger partial charge in [-0.05, 0) is 371 Å². The van der Waals surface area contributed by atoms with Crippen molar-refractivity contribution in [2.75, 3.05) is 0 Å². The third-order valence-electron chi connectivity index (χ3n) is 31.1. The number of para-hydroxylation sites is 2. The van der Waals surface area contributed by atoms with E-state index in [2.05, 4.69) is 546 Å². The molecule has 1 aromatic heterocycles. The van der Waals surface area contributed by atoms with E-state index in [1.807, 2.05) is 0 Å². The van der Waals surface area contributed by atoms with Crippen molar-refractivity contribution in [3.05, 3.63) is 539 Å². The molecule has 0 fully saturated rings. The second-order valence-corrected chi connectivity index (χ2v) is 39.5. The molecular formula is C143H93N. The minimum absolute atomic E-state index is 0.00310. The number of hydrogen-bond donors (Lipinski definition) is 0. The van der Waals surface area contributed by atoms with E-state index in [4.69, 9.17) is 0 Å².